The van der Waals surface area contributed by atoms with Crippen LogP contribution in [0, 0.1) is 0 Å². The minimum absolute atomic E-state index is 0.167. The minimum atomic E-state index is -0.835. The molecule has 1 aliphatic heterocycles. The van der Waals surface area contributed by atoms with E-state index >= 15 is 0 Å². The number of carbonyl (C=O) groups is 2. The molecule has 4 rings (SSSR count). The van der Waals surface area contributed by atoms with Crippen molar-refractivity contribution in [1.29, 1.82) is 0 Å². The summed E-state index contributed by atoms with van der Waals surface area (Å²) in [7, 11) is 0. The fraction of sp³-hybridized carbons (Fsp3) is 0.200. The quantitative estimate of drug-likeness (QED) is 0.291. The number of amides is 2. The Balaban J connectivity index is 1.67. The molecule has 0 unspecified atom stereocenters. The van der Waals surface area contributed by atoms with E-state index in [1.165, 1.54) is 29.2 Å². The van der Waals surface area contributed by atoms with Crippen molar-refractivity contribution in [3.8, 4) is 23.0 Å². The van der Waals surface area contributed by atoms with E-state index in [0.717, 1.165) is 5.56 Å². The molecule has 33 heavy (non-hydrogen) atoms. The van der Waals surface area contributed by atoms with Crippen LogP contribution in [0.3, 0.4) is 0 Å². The Hall–Kier alpha value is -4.20. The zero-order valence-corrected chi connectivity index (χ0v) is 17.7. The van der Waals surface area contributed by atoms with Crippen LogP contribution in [-0.4, -0.2) is 43.7 Å². The van der Waals surface area contributed by atoms with Crippen molar-refractivity contribution in [2.75, 3.05) is 0 Å². The molecule has 1 aliphatic rings. The summed E-state index contributed by atoms with van der Waals surface area (Å²) in [6, 6.07) is 15.0. The SMILES string of the molecule is O=CN1[C@H](C(=O)NCc2ccccc2)Cc2cc(O)c(O)cc2[C@@H]1Cc1ccc(O)c(O)c1. The molecular weight excluding hydrogens is 424 g/mol. The lowest BCUT2D eigenvalue weighted by Gasteiger charge is -2.40. The van der Waals surface area contributed by atoms with Crippen molar-refractivity contribution in [2.24, 2.45) is 0 Å². The van der Waals surface area contributed by atoms with Gasteiger partial charge in [0.25, 0.3) is 0 Å². The van der Waals surface area contributed by atoms with Crippen molar-refractivity contribution >= 4 is 12.3 Å². The Morgan fingerprint density at radius 1 is 0.909 bits per heavy atom. The van der Waals surface area contributed by atoms with Crippen LogP contribution in [0.4, 0.5) is 0 Å². The lowest BCUT2D eigenvalue weighted by atomic mass is 9.84. The zero-order valence-electron chi connectivity index (χ0n) is 17.7. The molecule has 3 aromatic carbocycles. The van der Waals surface area contributed by atoms with Gasteiger partial charge in [-0.1, -0.05) is 36.4 Å². The van der Waals surface area contributed by atoms with Gasteiger partial charge in [-0.2, -0.15) is 0 Å². The first-order valence-corrected chi connectivity index (χ1v) is 10.5. The van der Waals surface area contributed by atoms with Crippen molar-refractivity contribution < 1.29 is 30.0 Å². The molecule has 0 spiro atoms. The number of hydrogen-bond donors (Lipinski definition) is 5. The minimum Gasteiger partial charge on any atom is -0.504 e. The number of fused-ring (bicyclic) bond motifs is 1. The highest BCUT2D eigenvalue weighted by atomic mass is 16.3. The van der Waals surface area contributed by atoms with Gasteiger partial charge in [-0.3, -0.25) is 9.59 Å². The number of nitrogens with one attached hydrogen (secondary N) is 1. The van der Waals surface area contributed by atoms with Crippen LogP contribution in [-0.2, 0) is 29.0 Å². The number of nitrogens with zero attached hydrogens (tertiary/aromatic N) is 1. The molecule has 1 heterocycles. The fourth-order valence-corrected chi connectivity index (χ4v) is 4.23. The summed E-state index contributed by atoms with van der Waals surface area (Å²) in [5, 5.41) is 42.5. The second-order valence-electron chi connectivity index (χ2n) is 8.06. The molecule has 3 aromatic rings. The molecule has 170 valence electrons. The summed E-state index contributed by atoms with van der Waals surface area (Å²) in [6.07, 6.45) is 0.983. The molecule has 0 bridgehead atoms. The second kappa shape index (κ2) is 9.12. The maximum absolute atomic E-state index is 13.1. The average molecular weight is 448 g/mol. The Kier molecular flexibility index (Phi) is 6.08. The highest BCUT2D eigenvalue weighted by molar-refractivity contribution is 5.85. The van der Waals surface area contributed by atoms with Gasteiger partial charge in [0, 0.05) is 13.0 Å². The molecule has 8 nitrogen and oxygen atoms in total. The first-order valence-electron chi connectivity index (χ1n) is 10.5. The number of phenolic OH excluding ortho intramolecular Hbond substituents is 4. The summed E-state index contributed by atoms with van der Waals surface area (Å²) in [5.41, 5.74) is 2.76. The van der Waals surface area contributed by atoms with Crippen molar-refractivity contribution in [3.05, 3.63) is 82.9 Å². The molecule has 0 saturated carbocycles. The summed E-state index contributed by atoms with van der Waals surface area (Å²) in [4.78, 5) is 26.7. The van der Waals surface area contributed by atoms with Gasteiger partial charge in [-0.05, 0) is 52.9 Å². The number of aromatic hydroxyl groups is 4. The van der Waals surface area contributed by atoms with Gasteiger partial charge in [0.2, 0.25) is 12.3 Å². The molecule has 5 N–H and O–H groups in total. The molecule has 2 amide bonds. The highest BCUT2D eigenvalue weighted by Crippen LogP contribution is 2.40. The number of rotatable bonds is 6. The number of phenols is 4. The molecule has 0 radical (unpaired) electrons. The third-order valence-electron chi connectivity index (χ3n) is 5.93. The van der Waals surface area contributed by atoms with Gasteiger partial charge in [0.1, 0.15) is 6.04 Å². The predicted molar refractivity (Wildman–Crippen MR) is 120 cm³/mol. The second-order valence-corrected chi connectivity index (χ2v) is 8.06. The Morgan fingerprint density at radius 3 is 2.30 bits per heavy atom. The average Bonchev–Trinajstić information content (AvgIpc) is 2.81. The predicted octanol–water partition coefficient (Wildman–Crippen LogP) is 2.49. The van der Waals surface area contributed by atoms with E-state index in [0.29, 0.717) is 29.6 Å². The maximum atomic E-state index is 13.1. The molecule has 0 saturated heterocycles. The molecule has 0 aromatic heterocycles. The van der Waals surface area contributed by atoms with Gasteiger partial charge in [0.15, 0.2) is 23.0 Å². The Labute approximate surface area is 190 Å². The van der Waals surface area contributed by atoms with E-state index in [1.807, 2.05) is 30.3 Å². The monoisotopic (exact) mass is 448 g/mol. The van der Waals surface area contributed by atoms with Gasteiger partial charge in [-0.15, -0.1) is 0 Å². The molecule has 8 heteroatoms. The first-order chi connectivity index (χ1) is 15.9. The van der Waals surface area contributed by atoms with E-state index in [4.69, 9.17) is 0 Å². The topological polar surface area (TPSA) is 130 Å². The van der Waals surface area contributed by atoms with Gasteiger partial charge >= 0.3 is 0 Å². The Bertz CT molecular complexity index is 1180. The zero-order chi connectivity index (χ0) is 23.5. The van der Waals surface area contributed by atoms with Crippen molar-refractivity contribution in [3.63, 3.8) is 0 Å². The van der Waals surface area contributed by atoms with E-state index in [-0.39, 0.29) is 41.7 Å². The molecule has 2 atom stereocenters. The Morgan fingerprint density at radius 2 is 1.61 bits per heavy atom. The van der Waals surface area contributed by atoms with Gasteiger partial charge < -0.3 is 30.6 Å². The first kappa shape index (κ1) is 22.0. The van der Waals surface area contributed by atoms with E-state index in [9.17, 15) is 30.0 Å². The molecule has 0 aliphatic carbocycles. The van der Waals surface area contributed by atoms with E-state index < -0.39 is 12.1 Å². The number of benzene rings is 3. The van der Waals surface area contributed by atoms with Crippen LogP contribution in [0.2, 0.25) is 0 Å². The fourth-order valence-electron chi connectivity index (χ4n) is 4.23. The largest absolute Gasteiger partial charge is 0.504 e. The summed E-state index contributed by atoms with van der Waals surface area (Å²) < 4.78 is 0. The van der Waals surface area contributed by atoms with E-state index in [1.54, 1.807) is 6.07 Å². The molecular formula is C25H24N2O6. The van der Waals surface area contributed by atoms with Crippen LogP contribution < -0.4 is 5.32 Å². The van der Waals surface area contributed by atoms with Crippen molar-refractivity contribution in [2.45, 2.75) is 31.5 Å². The lowest BCUT2D eigenvalue weighted by molar-refractivity contribution is -0.136. The van der Waals surface area contributed by atoms with Gasteiger partial charge in [-0.25, -0.2) is 0 Å². The smallest absolute Gasteiger partial charge is 0.243 e. The van der Waals surface area contributed by atoms with Gasteiger partial charge in [0.05, 0.1) is 6.04 Å². The summed E-state index contributed by atoms with van der Waals surface area (Å²) in [6.45, 7) is 0.299. The summed E-state index contributed by atoms with van der Waals surface area (Å²) in [5.74, 6) is -1.55. The molecule has 0 fully saturated rings. The lowest BCUT2D eigenvalue weighted by Crippen LogP contribution is -2.52. The number of hydrogen-bond acceptors (Lipinski definition) is 6. The van der Waals surface area contributed by atoms with Crippen LogP contribution in [0.5, 0.6) is 23.0 Å². The van der Waals surface area contributed by atoms with Crippen molar-refractivity contribution in [1.82, 2.24) is 10.2 Å². The van der Waals surface area contributed by atoms with Crippen LogP contribution in [0.25, 0.3) is 0 Å². The number of carbonyl (C=O) groups excluding carboxylic acids is 2. The maximum Gasteiger partial charge on any atom is 0.243 e. The van der Waals surface area contributed by atoms with Crippen LogP contribution in [0.15, 0.2) is 60.7 Å². The van der Waals surface area contributed by atoms with Crippen LogP contribution in [0.1, 0.15) is 28.3 Å². The third kappa shape index (κ3) is 4.55. The summed E-state index contributed by atoms with van der Waals surface area (Å²) >= 11 is 0. The standard InChI is InChI=1S/C25H24N2O6/c28-14-27-19(8-16-6-7-21(29)22(30)9-16)18-12-24(32)23(31)11-17(18)10-20(27)25(33)26-13-15-4-2-1-3-5-15/h1-7,9,11-12,14,19-20,29-32H,8,10,13H2,(H,26,33)/t19-,20-/m0/s1. The normalized spacial score (nSPS) is 17.3. The van der Waals surface area contributed by atoms with Crippen LogP contribution >= 0.6 is 0 Å². The highest BCUT2D eigenvalue weighted by Gasteiger charge is 2.38. The third-order valence-corrected chi connectivity index (χ3v) is 5.93. The van der Waals surface area contributed by atoms with E-state index in [2.05, 4.69) is 5.32 Å².